The standard InChI is InChI=1S/C18H30N4O2S/c1-18(2,3)16-19-20-17(25-16)22-8-5-13(6-9-22)11-21(4)15(23)14-7-10-24-12-14/h13-14H,5-12H2,1-4H3. The minimum Gasteiger partial charge on any atom is -0.381 e. The van der Waals surface area contributed by atoms with Gasteiger partial charge in [-0.3, -0.25) is 4.79 Å². The summed E-state index contributed by atoms with van der Waals surface area (Å²) in [5, 5.41) is 10.9. The van der Waals surface area contributed by atoms with Crippen LogP contribution in [0.5, 0.6) is 0 Å². The highest BCUT2D eigenvalue weighted by atomic mass is 32.1. The maximum atomic E-state index is 12.4. The van der Waals surface area contributed by atoms with Crippen molar-refractivity contribution >= 4 is 22.4 Å². The molecule has 2 saturated heterocycles. The first-order chi connectivity index (χ1) is 11.8. The largest absolute Gasteiger partial charge is 0.381 e. The highest BCUT2D eigenvalue weighted by molar-refractivity contribution is 7.15. The zero-order chi connectivity index (χ0) is 18.0. The topological polar surface area (TPSA) is 58.6 Å². The number of anilines is 1. The Morgan fingerprint density at radius 3 is 2.56 bits per heavy atom. The van der Waals surface area contributed by atoms with E-state index >= 15 is 0 Å². The summed E-state index contributed by atoms with van der Waals surface area (Å²) in [7, 11) is 1.94. The van der Waals surface area contributed by atoms with Gasteiger partial charge in [0.05, 0.1) is 12.5 Å². The fourth-order valence-corrected chi connectivity index (χ4v) is 4.43. The number of piperidine rings is 1. The second-order valence-corrected chi connectivity index (χ2v) is 9.31. The molecule has 0 aromatic carbocycles. The van der Waals surface area contributed by atoms with Crippen LogP contribution < -0.4 is 4.90 Å². The highest BCUT2D eigenvalue weighted by Crippen LogP contribution is 2.32. The number of hydrogen-bond donors (Lipinski definition) is 0. The van der Waals surface area contributed by atoms with Crippen molar-refractivity contribution in [2.45, 2.75) is 45.4 Å². The fraction of sp³-hybridized carbons (Fsp3) is 0.833. The lowest BCUT2D eigenvalue weighted by molar-refractivity contribution is -0.134. The maximum Gasteiger partial charge on any atom is 0.227 e. The summed E-state index contributed by atoms with van der Waals surface area (Å²) >= 11 is 1.71. The molecule has 140 valence electrons. The molecule has 3 rings (SSSR count). The van der Waals surface area contributed by atoms with Crippen LogP contribution in [0.4, 0.5) is 5.13 Å². The molecule has 6 nitrogen and oxygen atoms in total. The number of carbonyl (C=O) groups excluding carboxylic acids is 1. The van der Waals surface area contributed by atoms with E-state index in [4.69, 9.17) is 4.74 Å². The van der Waals surface area contributed by atoms with Gasteiger partial charge in [0.2, 0.25) is 11.0 Å². The van der Waals surface area contributed by atoms with E-state index < -0.39 is 0 Å². The Morgan fingerprint density at radius 1 is 1.28 bits per heavy atom. The average Bonchev–Trinajstić information content (AvgIpc) is 3.26. The molecule has 0 spiro atoms. The number of aromatic nitrogens is 2. The van der Waals surface area contributed by atoms with E-state index in [-0.39, 0.29) is 17.2 Å². The second-order valence-electron chi connectivity index (χ2n) is 8.35. The third-order valence-electron chi connectivity index (χ3n) is 5.13. The van der Waals surface area contributed by atoms with Crippen molar-refractivity contribution in [1.82, 2.24) is 15.1 Å². The van der Waals surface area contributed by atoms with Gasteiger partial charge in [-0.05, 0) is 25.2 Å². The minimum atomic E-state index is 0.0568. The predicted molar refractivity (Wildman–Crippen MR) is 100 cm³/mol. The molecule has 2 aliphatic rings. The van der Waals surface area contributed by atoms with Crippen LogP contribution in [0.2, 0.25) is 0 Å². The summed E-state index contributed by atoms with van der Waals surface area (Å²) in [5.41, 5.74) is 0.0568. The van der Waals surface area contributed by atoms with Gasteiger partial charge in [-0.25, -0.2) is 0 Å². The molecule has 0 saturated carbocycles. The summed E-state index contributed by atoms with van der Waals surface area (Å²) in [5.74, 6) is 0.892. The lowest BCUT2D eigenvalue weighted by Crippen LogP contribution is -2.41. The van der Waals surface area contributed by atoms with Gasteiger partial charge in [0, 0.05) is 38.7 Å². The molecule has 2 fully saturated rings. The first-order valence-electron chi connectivity index (χ1n) is 9.26. The molecule has 0 bridgehead atoms. The monoisotopic (exact) mass is 366 g/mol. The van der Waals surface area contributed by atoms with Crippen LogP contribution in [-0.4, -0.2) is 60.9 Å². The van der Waals surface area contributed by atoms with Crippen LogP contribution >= 0.6 is 11.3 Å². The summed E-state index contributed by atoms with van der Waals surface area (Å²) in [6, 6.07) is 0. The SMILES string of the molecule is CN(CC1CCN(c2nnc(C(C)(C)C)s2)CC1)C(=O)C1CCOC1. The van der Waals surface area contributed by atoms with Crippen molar-refractivity contribution in [3.8, 4) is 0 Å². The smallest absolute Gasteiger partial charge is 0.227 e. The number of ether oxygens (including phenoxy) is 1. The Morgan fingerprint density at radius 2 is 2.00 bits per heavy atom. The average molecular weight is 367 g/mol. The van der Waals surface area contributed by atoms with Crippen molar-refractivity contribution < 1.29 is 9.53 Å². The van der Waals surface area contributed by atoms with Crippen LogP contribution in [0.25, 0.3) is 0 Å². The molecule has 0 radical (unpaired) electrons. The Balaban J connectivity index is 1.48. The number of nitrogens with zero attached hydrogens (tertiary/aromatic N) is 4. The normalized spacial score (nSPS) is 22.4. The van der Waals surface area contributed by atoms with Crippen LogP contribution in [-0.2, 0) is 14.9 Å². The van der Waals surface area contributed by atoms with E-state index in [1.165, 1.54) is 0 Å². The van der Waals surface area contributed by atoms with Gasteiger partial charge in [-0.15, -0.1) is 10.2 Å². The zero-order valence-corrected chi connectivity index (χ0v) is 16.6. The molecule has 1 aromatic heterocycles. The summed E-state index contributed by atoms with van der Waals surface area (Å²) in [6.07, 6.45) is 3.07. The first-order valence-corrected chi connectivity index (χ1v) is 10.1. The molecule has 3 heterocycles. The molecule has 25 heavy (non-hydrogen) atoms. The van der Waals surface area contributed by atoms with Crippen LogP contribution in [0, 0.1) is 11.8 Å². The number of carbonyl (C=O) groups is 1. The summed E-state index contributed by atoms with van der Waals surface area (Å²) < 4.78 is 5.34. The lowest BCUT2D eigenvalue weighted by atomic mass is 9.96. The third-order valence-corrected chi connectivity index (χ3v) is 6.54. The maximum absolute atomic E-state index is 12.4. The highest BCUT2D eigenvalue weighted by Gasteiger charge is 2.29. The quantitative estimate of drug-likeness (QED) is 0.820. The Bertz CT molecular complexity index is 584. The van der Waals surface area contributed by atoms with Crippen molar-refractivity contribution in [2.24, 2.45) is 11.8 Å². The molecule has 0 N–H and O–H groups in total. The van der Waals surface area contributed by atoms with E-state index in [2.05, 4.69) is 35.9 Å². The first kappa shape index (κ1) is 18.6. The summed E-state index contributed by atoms with van der Waals surface area (Å²) in [6.45, 7) is 10.7. The van der Waals surface area contributed by atoms with Gasteiger partial charge in [-0.2, -0.15) is 0 Å². The predicted octanol–water partition coefficient (Wildman–Crippen LogP) is 2.55. The number of hydrogen-bond acceptors (Lipinski definition) is 6. The van der Waals surface area contributed by atoms with Crippen molar-refractivity contribution in [3.63, 3.8) is 0 Å². The molecular formula is C18H30N4O2S. The third kappa shape index (κ3) is 4.50. The Hall–Kier alpha value is -1.21. The van der Waals surface area contributed by atoms with Gasteiger partial charge in [0.25, 0.3) is 0 Å². The molecule has 1 aromatic rings. The molecule has 2 aliphatic heterocycles. The van der Waals surface area contributed by atoms with Crippen LogP contribution in [0.1, 0.15) is 45.0 Å². The number of amides is 1. The number of rotatable bonds is 4. The van der Waals surface area contributed by atoms with Gasteiger partial charge in [0.15, 0.2) is 0 Å². The van der Waals surface area contributed by atoms with Crippen molar-refractivity contribution in [3.05, 3.63) is 5.01 Å². The molecular weight excluding hydrogens is 336 g/mol. The van der Waals surface area contributed by atoms with E-state index in [0.29, 0.717) is 12.5 Å². The van der Waals surface area contributed by atoms with Crippen molar-refractivity contribution in [2.75, 3.05) is 44.8 Å². The molecule has 1 unspecified atom stereocenters. The van der Waals surface area contributed by atoms with Crippen LogP contribution in [0.3, 0.4) is 0 Å². The molecule has 1 atom stereocenters. The van der Waals surface area contributed by atoms with E-state index in [9.17, 15) is 4.79 Å². The molecule has 0 aliphatic carbocycles. The summed E-state index contributed by atoms with van der Waals surface area (Å²) in [4.78, 5) is 16.7. The second kappa shape index (κ2) is 7.58. The Kier molecular flexibility index (Phi) is 5.63. The van der Waals surface area contributed by atoms with Gasteiger partial charge < -0.3 is 14.5 Å². The van der Waals surface area contributed by atoms with E-state index in [1.54, 1.807) is 11.3 Å². The van der Waals surface area contributed by atoms with E-state index in [1.807, 2.05) is 11.9 Å². The molecule has 7 heteroatoms. The minimum absolute atomic E-state index is 0.0568. The van der Waals surface area contributed by atoms with E-state index in [0.717, 1.165) is 55.6 Å². The van der Waals surface area contributed by atoms with Gasteiger partial charge in [0.1, 0.15) is 5.01 Å². The van der Waals surface area contributed by atoms with Crippen LogP contribution in [0.15, 0.2) is 0 Å². The van der Waals surface area contributed by atoms with Gasteiger partial charge in [-0.1, -0.05) is 32.1 Å². The van der Waals surface area contributed by atoms with Gasteiger partial charge >= 0.3 is 0 Å². The van der Waals surface area contributed by atoms with Crippen molar-refractivity contribution in [1.29, 1.82) is 0 Å². The fourth-order valence-electron chi connectivity index (χ4n) is 3.47. The lowest BCUT2D eigenvalue weighted by Gasteiger charge is -2.34. The zero-order valence-electron chi connectivity index (χ0n) is 15.8. The molecule has 1 amide bonds. The Labute approximate surface area is 154 Å².